The highest BCUT2D eigenvalue weighted by Gasteiger charge is 2.17. The van der Waals surface area contributed by atoms with Gasteiger partial charge in [0.15, 0.2) is 9.84 Å². The summed E-state index contributed by atoms with van der Waals surface area (Å²) in [5, 5.41) is 0. The number of hydrogen-bond donors (Lipinski definition) is 1. The molecule has 0 aliphatic heterocycles. The van der Waals surface area contributed by atoms with Gasteiger partial charge in [0.2, 0.25) is 0 Å². The molecule has 1 aromatic carbocycles. The van der Waals surface area contributed by atoms with Gasteiger partial charge in [0.25, 0.3) is 0 Å². The molecule has 0 spiro atoms. The molecule has 3 nitrogen and oxygen atoms in total. The molecule has 0 aliphatic rings. The lowest BCUT2D eigenvalue weighted by Gasteiger charge is -2.14. The molecule has 0 saturated carbocycles. The summed E-state index contributed by atoms with van der Waals surface area (Å²) in [5.41, 5.74) is 6.60. The highest BCUT2D eigenvalue weighted by Crippen LogP contribution is 2.16. The van der Waals surface area contributed by atoms with E-state index in [-0.39, 0.29) is 17.4 Å². The van der Waals surface area contributed by atoms with Crippen LogP contribution < -0.4 is 5.73 Å². The van der Waals surface area contributed by atoms with E-state index in [1.54, 1.807) is 6.92 Å². The fraction of sp³-hybridized carbons (Fsp3) is 0.455. The predicted molar refractivity (Wildman–Crippen MR) is 62.6 cm³/mol. The van der Waals surface area contributed by atoms with E-state index in [9.17, 15) is 8.42 Å². The molecule has 4 heteroatoms. The molecule has 0 aliphatic carbocycles. The first-order chi connectivity index (χ1) is 7.09. The first kappa shape index (κ1) is 12.2. The van der Waals surface area contributed by atoms with Crippen LogP contribution in [0.4, 0.5) is 0 Å². The van der Waals surface area contributed by atoms with E-state index < -0.39 is 9.84 Å². The molecule has 0 amide bonds. The second-order valence-corrected chi connectivity index (χ2v) is 5.94. The normalized spacial score (nSPS) is 13.7. The third-order valence-electron chi connectivity index (χ3n) is 2.45. The maximum absolute atomic E-state index is 11.5. The van der Waals surface area contributed by atoms with Crippen molar-refractivity contribution in [1.29, 1.82) is 0 Å². The highest BCUT2D eigenvalue weighted by molar-refractivity contribution is 7.91. The minimum absolute atomic E-state index is 0.0869. The van der Waals surface area contributed by atoms with Gasteiger partial charge in [-0.2, -0.15) is 0 Å². The zero-order chi connectivity index (χ0) is 11.3. The molecule has 0 fully saturated rings. The van der Waals surface area contributed by atoms with Crippen LogP contribution in [-0.2, 0) is 9.84 Å². The topological polar surface area (TPSA) is 60.2 Å². The Morgan fingerprint density at radius 2 is 1.87 bits per heavy atom. The van der Waals surface area contributed by atoms with E-state index in [2.05, 4.69) is 0 Å². The van der Waals surface area contributed by atoms with Crippen LogP contribution in [-0.4, -0.2) is 26.5 Å². The number of nitrogens with two attached hydrogens (primary N) is 1. The smallest absolute Gasteiger partial charge is 0.150 e. The summed E-state index contributed by atoms with van der Waals surface area (Å²) in [6.45, 7) is 2.02. The molecule has 1 unspecified atom stereocenters. The average molecular weight is 227 g/mol. The fourth-order valence-electron chi connectivity index (χ4n) is 1.45. The molecule has 0 radical (unpaired) electrons. The Kier molecular flexibility index (Phi) is 4.29. The van der Waals surface area contributed by atoms with Gasteiger partial charge in [0.05, 0.1) is 5.75 Å². The maximum Gasteiger partial charge on any atom is 0.150 e. The van der Waals surface area contributed by atoms with Crippen LogP contribution in [0.1, 0.15) is 18.4 Å². The van der Waals surface area contributed by atoms with Crippen LogP contribution in [0.5, 0.6) is 0 Å². The summed E-state index contributed by atoms with van der Waals surface area (Å²) in [7, 11) is -2.96. The maximum atomic E-state index is 11.5. The first-order valence-corrected chi connectivity index (χ1v) is 6.86. The van der Waals surface area contributed by atoms with Crippen LogP contribution in [0, 0.1) is 0 Å². The Labute approximate surface area is 91.2 Å². The molecule has 84 valence electrons. The third-order valence-corrected chi connectivity index (χ3v) is 4.24. The SMILES string of the molecule is CCS(=O)(=O)CC(CN)c1ccccc1. The zero-order valence-electron chi connectivity index (χ0n) is 8.89. The van der Waals surface area contributed by atoms with Crippen molar-refractivity contribution in [2.45, 2.75) is 12.8 Å². The molecular formula is C11H17NO2S. The highest BCUT2D eigenvalue weighted by atomic mass is 32.2. The Bertz CT molecular complexity index is 386. The second-order valence-electron chi connectivity index (χ2n) is 3.54. The molecular weight excluding hydrogens is 210 g/mol. The summed E-state index contributed by atoms with van der Waals surface area (Å²) in [6.07, 6.45) is 0. The van der Waals surface area contributed by atoms with E-state index in [1.807, 2.05) is 30.3 Å². The fourth-order valence-corrected chi connectivity index (χ4v) is 2.63. The van der Waals surface area contributed by atoms with Crippen LogP contribution >= 0.6 is 0 Å². The van der Waals surface area contributed by atoms with Gasteiger partial charge in [-0.05, 0) is 5.56 Å². The average Bonchev–Trinajstić information content (AvgIpc) is 2.27. The lowest BCUT2D eigenvalue weighted by Crippen LogP contribution is -2.22. The summed E-state index contributed by atoms with van der Waals surface area (Å²) >= 11 is 0. The van der Waals surface area contributed by atoms with Crippen molar-refractivity contribution in [3.63, 3.8) is 0 Å². The van der Waals surface area contributed by atoms with Crippen molar-refractivity contribution in [2.24, 2.45) is 5.73 Å². The van der Waals surface area contributed by atoms with Crippen molar-refractivity contribution in [3.8, 4) is 0 Å². The summed E-state index contributed by atoms with van der Waals surface area (Å²) in [6, 6.07) is 9.55. The van der Waals surface area contributed by atoms with Gasteiger partial charge in [-0.15, -0.1) is 0 Å². The molecule has 1 atom stereocenters. The van der Waals surface area contributed by atoms with E-state index in [0.29, 0.717) is 6.54 Å². The van der Waals surface area contributed by atoms with E-state index in [1.165, 1.54) is 0 Å². The molecule has 15 heavy (non-hydrogen) atoms. The van der Waals surface area contributed by atoms with Gasteiger partial charge in [-0.1, -0.05) is 37.3 Å². The quantitative estimate of drug-likeness (QED) is 0.821. The lowest BCUT2D eigenvalue weighted by atomic mass is 10.0. The zero-order valence-corrected chi connectivity index (χ0v) is 9.70. The van der Waals surface area contributed by atoms with E-state index >= 15 is 0 Å². The Morgan fingerprint density at radius 3 is 2.33 bits per heavy atom. The summed E-state index contributed by atoms with van der Waals surface area (Å²) in [5.74, 6) is 0.233. The molecule has 0 saturated heterocycles. The molecule has 0 heterocycles. The van der Waals surface area contributed by atoms with E-state index in [0.717, 1.165) is 5.56 Å². The van der Waals surface area contributed by atoms with Crippen molar-refractivity contribution < 1.29 is 8.42 Å². The minimum atomic E-state index is -2.96. The number of rotatable bonds is 5. The minimum Gasteiger partial charge on any atom is -0.330 e. The second kappa shape index (κ2) is 5.28. The van der Waals surface area contributed by atoms with Crippen molar-refractivity contribution >= 4 is 9.84 Å². The van der Waals surface area contributed by atoms with Crippen LogP contribution in [0.3, 0.4) is 0 Å². The van der Waals surface area contributed by atoms with Crippen LogP contribution in [0.2, 0.25) is 0 Å². The van der Waals surface area contributed by atoms with Gasteiger partial charge in [0, 0.05) is 18.2 Å². The molecule has 1 aromatic rings. The summed E-state index contributed by atoms with van der Waals surface area (Å²) in [4.78, 5) is 0. The standard InChI is InChI=1S/C11H17NO2S/c1-2-15(13,14)9-11(8-12)10-6-4-3-5-7-10/h3-7,11H,2,8-9,12H2,1H3. The summed E-state index contributed by atoms with van der Waals surface area (Å²) < 4.78 is 23.0. The van der Waals surface area contributed by atoms with Gasteiger partial charge in [0.1, 0.15) is 0 Å². The molecule has 0 aromatic heterocycles. The monoisotopic (exact) mass is 227 g/mol. The Balaban J connectivity index is 2.83. The molecule has 2 N–H and O–H groups in total. The van der Waals surface area contributed by atoms with Crippen LogP contribution in [0.25, 0.3) is 0 Å². The van der Waals surface area contributed by atoms with Gasteiger partial charge in [-0.3, -0.25) is 0 Å². The largest absolute Gasteiger partial charge is 0.330 e. The van der Waals surface area contributed by atoms with Gasteiger partial charge >= 0.3 is 0 Å². The van der Waals surface area contributed by atoms with Crippen LogP contribution in [0.15, 0.2) is 30.3 Å². The van der Waals surface area contributed by atoms with E-state index in [4.69, 9.17) is 5.73 Å². The van der Waals surface area contributed by atoms with Crippen molar-refractivity contribution in [1.82, 2.24) is 0 Å². The third kappa shape index (κ3) is 3.64. The number of benzene rings is 1. The molecule has 1 rings (SSSR count). The molecule has 0 bridgehead atoms. The predicted octanol–water partition coefficient (Wildman–Crippen LogP) is 1.16. The lowest BCUT2D eigenvalue weighted by molar-refractivity contribution is 0.589. The van der Waals surface area contributed by atoms with Crippen molar-refractivity contribution in [2.75, 3.05) is 18.1 Å². The van der Waals surface area contributed by atoms with Gasteiger partial charge in [-0.25, -0.2) is 8.42 Å². The van der Waals surface area contributed by atoms with Gasteiger partial charge < -0.3 is 5.73 Å². The van der Waals surface area contributed by atoms with Crippen molar-refractivity contribution in [3.05, 3.63) is 35.9 Å². The number of hydrogen-bond acceptors (Lipinski definition) is 3. The Hall–Kier alpha value is -0.870. The Morgan fingerprint density at radius 1 is 1.27 bits per heavy atom. The number of sulfone groups is 1. The first-order valence-electron chi connectivity index (χ1n) is 5.04.